The summed E-state index contributed by atoms with van der Waals surface area (Å²) in [7, 11) is 1.98. The van der Waals surface area contributed by atoms with E-state index in [4.69, 9.17) is 14.6 Å². The number of rotatable bonds is 4. The Morgan fingerprint density at radius 1 is 1.39 bits per heavy atom. The van der Waals surface area contributed by atoms with Crippen molar-refractivity contribution in [2.24, 2.45) is 7.05 Å². The standard InChI is InChI=1S/C12H14N2O3S/c1-14-9-6-11-10(16-7-17-11)5-8(9)13-12(14)18-4-2-3-15/h5-6,15H,2-4,7H2,1H3. The molecule has 1 aliphatic rings. The van der Waals surface area contributed by atoms with Crippen LogP contribution < -0.4 is 9.47 Å². The van der Waals surface area contributed by atoms with Gasteiger partial charge in [0.2, 0.25) is 6.79 Å². The number of aryl methyl sites for hydroxylation is 1. The van der Waals surface area contributed by atoms with Crippen molar-refractivity contribution in [3.05, 3.63) is 12.1 Å². The summed E-state index contributed by atoms with van der Waals surface area (Å²) in [6.45, 7) is 0.497. The van der Waals surface area contributed by atoms with Gasteiger partial charge in [-0.3, -0.25) is 0 Å². The van der Waals surface area contributed by atoms with E-state index in [2.05, 4.69) is 4.98 Å². The lowest BCUT2D eigenvalue weighted by Gasteiger charge is -2.01. The maximum atomic E-state index is 8.79. The molecule has 0 fully saturated rings. The summed E-state index contributed by atoms with van der Waals surface area (Å²) in [4.78, 5) is 4.57. The minimum absolute atomic E-state index is 0.215. The molecule has 2 aromatic rings. The second-order valence-electron chi connectivity index (χ2n) is 4.07. The van der Waals surface area contributed by atoms with Crippen molar-refractivity contribution in [1.29, 1.82) is 0 Å². The van der Waals surface area contributed by atoms with E-state index in [0.717, 1.165) is 39.9 Å². The van der Waals surface area contributed by atoms with Gasteiger partial charge >= 0.3 is 0 Å². The SMILES string of the molecule is Cn1c(SCCCO)nc2cc3c(cc21)OCO3. The number of hydrogen-bond donors (Lipinski definition) is 1. The molecule has 0 saturated carbocycles. The van der Waals surface area contributed by atoms with Gasteiger partial charge < -0.3 is 19.1 Å². The summed E-state index contributed by atoms with van der Waals surface area (Å²) in [6, 6.07) is 3.87. The van der Waals surface area contributed by atoms with Crippen LogP contribution in [-0.4, -0.2) is 33.8 Å². The van der Waals surface area contributed by atoms with E-state index in [1.807, 2.05) is 23.7 Å². The average Bonchev–Trinajstić information content (AvgIpc) is 2.93. The molecule has 18 heavy (non-hydrogen) atoms. The van der Waals surface area contributed by atoms with Gasteiger partial charge in [-0.25, -0.2) is 4.98 Å². The van der Waals surface area contributed by atoms with Crippen LogP contribution >= 0.6 is 11.8 Å². The lowest BCUT2D eigenvalue weighted by molar-refractivity contribution is 0.174. The number of hydrogen-bond acceptors (Lipinski definition) is 5. The van der Waals surface area contributed by atoms with Gasteiger partial charge in [0.05, 0.1) is 11.0 Å². The van der Waals surface area contributed by atoms with Crippen LogP contribution in [0.2, 0.25) is 0 Å². The Morgan fingerprint density at radius 3 is 2.94 bits per heavy atom. The van der Waals surface area contributed by atoms with Crippen LogP contribution in [-0.2, 0) is 7.05 Å². The topological polar surface area (TPSA) is 56.5 Å². The van der Waals surface area contributed by atoms with Crippen LogP contribution in [0.5, 0.6) is 11.5 Å². The molecule has 96 valence electrons. The van der Waals surface area contributed by atoms with Gasteiger partial charge in [-0.1, -0.05) is 11.8 Å². The third-order valence-corrected chi connectivity index (χ3v) is 3.98. The van der Waals surface area contributed by atoms with Gasteiger partial charge in [-0.05, 0) is 6.42 Å². The van der Waals surface area contributed by atoms with Crippen LogP contribution in [0.15, 0.2) is 17.3 Å². The van der Waals surface area contributed by atoms with E-state index in [0.29, 0.717) is 0 Å². The van der Waals surface area contributed by atoms with E-state index in [-0.39, 0.29) is 13.4 Å². The van der Waals surface area contributed by atoms with Crippen molar-refractivity contribution in [3.8, 4) is 11.5 Å². The van der Waals surface area contributed by atoms with Gasteiger partial charge in [0, 0.05) is 31.5 Å². The third-order valence-electron chi connectivity index (χ3n) is 2.87. The number of benzene rings is 1. The normalized spacial score (nSPS) is 13.4. The average molecular weight is 266 g/mol. The lowest BCUT2D eigenvalue weighted by Crippen LogP contribution is -1.94. The molecule has 0 saturated heterocycles. The summed E-state index contributed by atoms with van der Waals surface area (Å²) < 4.78 is 12.8. The second-order valence-corrected chi connectivity index (χ2v) is 5.14. The second kappa shape index (κ2) is 4.70. The molecule has 5 nitrogen and oxygen atoms in total. The zero-order valence-electron chi connectivity index (χ0n) is 10.0. The first-order valence-electron chi connectivity index (χ1n) is 5.79. The molecule has 1 aromatic heterocycles. The van der Waals surface area contributed by atoms with E-state index in [1.165, 1.54) is 0 Å². The maximum Gasteiger partial charge on any atom is 0.231 e. The number of thioether (sulfide) groups is 1. The highest BCUT2D eigenvalue weighted by atomic mass is 32.2. The maximum absolute atomic E-state index is 8.79. The van der Waals surface area contributed by atoms with Crippen LogP contribution in [0.4, 0.5) is 0 Å². The Bertz CT molecular complexity index is 582. The predicted molar refractivity (Wildman–Crippen MR) is 69.3 cm³/mol. The molecule has 0 radical (unpaired) electrons. The van der Waals surface area contributed by atoms with Gasteiger partial charge in [-0.15, -0.1) is 0 Å². The van der Waals surface area contributed by atoms with Crippen molar-refractivity contribution in [2.45, 2.75) is 11.6 Å². The number of ether oxygens (including phenoxy) is 2. The molecule has 1 aliphatic heterocycles. The fourth-order valence-electron chi connectivity index (χ4n) is 1.92. The first kappa shape index (κ1) is 11.7. The van der Waals surface area contributed by atoms with Crippen molar-refractivity contribution in [2.75, 3.05) is 19.2 Å². The van der Waals surface area contributed by atoms with Crippen molar-refractivity contribution in [1.82, 2.24) is 9.55 Å². The number of aromatic nitrogens is 2. The van der Waals surface area contributed by atoms with E-state index >= 15 is 0 Å². The summed E-state index contributed by atoms with van der Waals surface area (Å²) in [5, 5.41) is 9.74. The van der Waals surface area contributed by atoms with Crippen molar-refractivity contribution >= 4 is 22.8 Å². The number of imidazole rings is 1. The smallest absolute Gasteiger partial charge is 0.231 e. The van der Waals surface area contributed by atoms with E-state index in [9.17, 15) is 0 Å². The predicted octanol–water partition coefficient (Wildman–Crippen LogP) is 1.78. The van der Waals surface area contributed by atoms with Crippen LogP contribution in [0, 0.1) is 0 Å². The minimum Gasteiger partial charge on any atom is -0.454 e. The van der Waals surface area contributed by atoms with Crippen LogP contribution in [0.25, 0.3) is 11.0 Å². The van der Waals surface area contributed by atoms with Gasteiger partial charge in [-0.2, -0.15) is 0 Å². The Hall–Kier alpha value is -1.40. The Balaban J connectivity index is 1.95. The number of fused-ring (bicyclic) bond motifs is 2. The zero-order valence-corrected chi connectivity index (χ0v) is 10.9. The van der Waals surface area contributed by atoms with Gasteiger partial charge in [0.15, 0.2) is 16.7 Å². The minimum atomic E-state index is 0.215. The summed E-state index contributed by atoms with van der Waals surface area (Å²) in [6.07, 6.45) is 0.774. The molecule has 0 bridgehead atoms. The highest BCUT2D eigenvalue weighted by Crippen LogP contribution is 2.36. The van der Waals surface area contributed by atoms with Gasteiger partial charge in [0.1, 0.15) is 0 Å². The summed E-state index contributed by atoms with van der Waals surface area (Å²) in [5.41, 5.74) is 1.94. The van der Waals surface area contributed by atoms with Crippen LogP contribution in [0.1, 0.15) is 6.42 Å². The van der Waals surface area contributed by atoms with Gasteiger partial charge in [0.25, 0.3) is 0 Å². The first-order chi connectivity index (χ1) is 8.79. The fraction of sp³-hybridized carbons (Fsp3) is 0.417. The summed E-state index contributed by atoms with van der Waals surface area (Å²) in [5.74, 6) is 2.39. The molecule has 1 N–H and O–H groups in total. The molecule has 0 spiro atoms. The summed E-state index contributed by atoms with van der Waals surface area (Å²) >= 11 is 1.64. The highest BCUT2D eigenvalue weighted by molar-refractivity contribution is 7.99. The molecule has 0 aliphatic carbocycles. The zero-order chi connectivity index (χ0) is 12.5. The Kier molecular flexibility index (Phi) is 3.05. The molecular formula is C12H14N2O3S. The molecule has 6 heteroatoms. The van der Waals surface area contributed by atoms with E-state index < -0.39 is 0 Å². The Morgan fingerprint density at radius 2 is 2.17 bits per heavy atom. The highest BCUT2D eigenvalue weighted by Gasteiger charge is 2.17. The largest absolute Gasteiger partial charge is 0.454 e. The van der Waals surface area contributed by atoms with Crippen molar-refractivity contribution in [3.63, 3.8) is 0 Å². The quantitative estimate of drug-likeness (QED) is 0.675. The first-order valence-corrected chi connectivity index (χ1v) is 6.78. The number of aliphatic hydroxyl groups is 1. The molecule has 2 heterocycles. The number of nitrogens with zero attached hydrogens (tertiary/aromatic N) is 2. The number of aliphatic hydroxyl groups excluding tert-OH is 1. The molecule has 0 unspecified atom stereocenters. The monoisotopic (exact) mass is 266 g/mol. The fourth-order valence-corrected chi connectivity index (χ4v) is 2.83. The molecule has 0 atom stereocenters. The molecular weight excluding hydrogens is 252 g/mol. The molecule has 0 amide bonds. The Labute approximate surface area is 109 Å². The van der Waals surface area contributed by atoms with E-state index in [1.54, 1.807) is 11.8 Å². The molecule has 3 rings (SSSR count). The van der Waals surface area contributed by atoms with Crippen LogP contribution in [0.3, 0.4) is 0 Å². The third kappa shape index (κ3) is 1.91. The molecule has 1 aromatic carbocycles. The lowest BCUT2D eigenvalue weighted by atomic mass is 10.3. The van der Waals surface area contributed by atoms with Crippen molar-refractivity contribution < 1.29 is 14.6 Å².